The van der Waals surface area contributed by atoms with Crippen molar-refractivity contribution in [3.05, 3.63) is 12.3 Å². The van der Waals surface area contributed by atoms with Gasteiger partial charge in [0.25, 0.3) is 0 Å². The van der Waals surface area contributed by atoms with E-state index in [2.05, 4.69) is 4.74 Å². The van der Waals surface area contributed by atoms with Crippen LogP contribution in [0.5, 0.6) is 0 Å². The Labute approximate surface area is 123 Å². The maximum atomic E-state index is 11.7. The maximum absolute atomic E-state index is 11.7. The second-order valence-corrected chi connectivity index (χ2v) is 5.78. The van der Waals surface area contributed by atoms with E-state index in [-0.39, 0.29) is 12.3 Å². The average Bonchev–Trinajstić information content (AvgIpc) is 2.44. The van der Waals surface area contributed by atoms with E-state index in [0.29, 0.717) is 0 Å². The van der Waals surface area contributed by atoms with Gasteiger partial charge < -0.3 is 14.9 Å². The van der Waals surface area contributed by atoms with Crippen molar-refractivity contribution >= 4 is 18.0 Å². The molecule has 1 aliphatic rings. The molecule has 21 heavy (non-hydrogen) atoms. The van der Waals surface area contributed by atoms with E-state index in [9.17, 15) is 24.6 Å². The molecule has 0 aromatic carbocycles. The fourth-order valence-electron chi connectivity index (χ4n) is 2.36. The fraction of sp³-hybridized carbons (Fsp3) is 0.643. The van der Waals surface area contributed by atoms with Crippen LogP contribution in [0, 0.1) is 17.3 Å². The van der Waals surface area contributed by atoms with Crippen molar-refractivity contribution in [3.8, 4) is 0 Å². The highest BCUT2D eigenvalue weighted by molar-refractivity contribution is 5.76. The van der Waals surface area contributed by atoms with Crippen molar-refractivity contribution in [2.24, 2.45) is 17.3 Å². The summed E-state index contributed by atoms with van der Waals surface area (Å²) in [5.74, 6) is -3.22. The van der Waals surface area contributed by atoms with Crippen molar-refractivity contribution in [1.82, 2.24) is 4.90 Å². The molecule has 7 heteroatoms. The number of allylic oxidation sites excluding steroid dienone is 1. The molecular formula is C14H21NO6. The third-order valence-electron chi connectivity index (χ3n) is 4.16. The minimum absolute atomic E-state index is 0.248. The first-order valence-electron chi connectivity index (χ1n) is 6.63. The smallest absolute Gasteiger partial charge is 0.413 e. The molecule has 0 saturated carbocycles. The lowest BCUT2D eigenvalue weighted by Gasteiger charge is -2.40. The summed E-state index contributed by atoms with van der Waals surface area (Å²) < 4.78 is 4.64. The Morgan fingerprint density at radius 2 is 1.90 bits per heavy atom. The molecule has 3 atom stereocenters. The van der Waals surface area contributed by atoms with Crippen molar-refractivity contribution in [2.75, 3.05) is 7.11 Å². The predicted octanol–water partition coefficient (Wildman–Crippen LogP) is 1.79. The molecule has 0 saturated heterocycles. The standard InChI is InChI=1S/C14H21NO6/c1-8(11(16)17)10-7-9(14(2,3)12(18)19)5-6-15(10)13(20)21-4/h5-6,8-10H,7H2,1-4H3,(H,16,17)(H,18,19)/t8?,9-,10-/m1/s1. The van der Waals surface area contributed by atoms with Gasteiger partial charge >= 0.3 is 18.0 Å². The minimum atomic E-state index is -1.05. The molecule has 1 aliphatic heterocycles. The number of carboxylic acids is 2. The Morgan fingerprint density at radius 3 is 2.33 bits per heavy atom. The van der Waals surface area contributed by atoms with Crippen molar-refractivity contribution in [2.45, 2.75) is 33.2 Å². The van der Waals surface area contributed by atoms with Gasteiger partial charge in [-0.1, -0.05) is 6.08 Å². The molecule has 0 aliphatic carbocycles. The Morgan fingerprint density at radius 1 is 1.33 bits per heavy atom. The third kappa shape index (κ3) is 3.34. The van der Waals surface area contributed by atoms with Gasteiger partial charge in [-0.15, -0.1) is 0 Å². The Balaban J connectivity index is 3.13. The number of hydrogen-bond acceptors (Lipinski definition) is 4. The summed E-state index contributed by atoms with van der Waals surface area (Å²) in [5, 5.41) is 18.5. The number of carbonyl (C=O) groups is 3. The predicted molar refractivity (Wildman–Crippen MR) is 73.5 cm³/mol. The highest BCUT2D eigenvalue weighted by atomic mass is 16.5. The highest BCUT2D eigenvalue weighted by Crippen LogP contribution is 2.37. The zero-order valence-corrected chi connectivity index (χ0v) is 12.6. The summed E-state index contributed by atoms with van der Waals surface area (Å²) >= 11 is 0. The Hall–Kier alpha value is -2.05. The van der Waals surface area contributed by atoms with Crippen LogP contribution >= 0.6 is 0 Å². The van der Waals surface area contributed by atoms with E-state index >= 15 is 0 Å². The largest absolute Gasteiger partial charge is 0.481 e. The van der Waals surface area contributed by atoms with E-state index in [4.69, 9.17) is 0 Å². The van der Waals surface area contributed by atoms with E-state index in [0.717, 1.165) is 0 Å². The second-order valence-electron chi connectivity index (χ2n) is 5.78. The summed E-state index contributed by atoms with van der Waals surface area (Å²) in [4.78, 5) is 35.5. The van der Waals surface area contributed by atoms with Gasteiger partial charge in [0.15, 0.2) is 0 Å². The molecule has 1 rings (SSSR count). The van der Waals surface area contributed by atoms with Gasteiger partial charge in [0.1, 0.15) is 0 Å². The van der Waals surface area contributed by atoms with E-state index in [1.54, 1.807) is 19.9 Å². The fourth-order valence-corrected chi connectivity index (χ4v) is 2.36. The first kappa shape index (κ1) is 17.0. The van der Waals surface area contributed by atoms with Gasteiger partial charge in [0, 0.05) is 6.20 Å². The zero-order valence-electron chi connectivity index (χ0n) is 12.6. The molecule has 0 spiro atoms. The summed E-state index contributed by atoms with van der Waals surface area (Å²) in [6.07, 6.45) is 2.64. The summed E-state index contributed by atoms with van der Waals surface area (Å²) in [5.41, 5.74) is -1.05. The monoisotopic (exact) mass is 299 g/mol. The van der Waals surface area contributed by atoms with Gasteiger partial charge in [-0.05, 0) is 33.1 Å². The molecule has 0 aromatic rings. The number of amides is 1. The zero-order chi connectivity index (χ0) is 16.4. The van der Waals surface area contributed by atoms with Crippen LogP contribution in [0.15, 0.2) is 12.3 Å². The highest BCUT2D eigenvalue weighted by Gasteiger charge is 2.43. The number of ether oxygens (including phenoxy) is 1. The van der Waals surface area contributed by atoms with Crippen LogP contribution in [0.2, 0.25) is 0 Å². The lowest BCUT2D eigenvalue weighted by atomic mass is 9.72. The van der Waals surface area contributed by atoms with Crippen molar-refractivity contribution in [1.29, 1.82) is 0 Å². The number of aliphatic carboxylic acids is 2. The molecule has 1 heterocycles. The van der Waals surface area contributed by atoms with Crippen molar-refractivity contribution in [3.63, 3.8) is 0 Å². The van der Waals surface area contributed by atoms with Gasteiger partial charge in [0.2, 0.25) is 0 Å². The molecule has 118 valence electrons. The molecular weight excluding hydrogens is 278 g/mol. The SMILES string of the molecule is COC(=O)N1C=C[C@@H](C(C)(C)C(=O)O)C[C@@H]1C(C)C(=O)O. The number of hydrogen-bond donors (Lipinski definition) is 2. The van der Waals surface area contributed by atoms with E-state index < -0.39 is 35.4 Å². The molecule has 0 bridgehead atoms. The first-order chi connectivity index (χ1) is 9.62. The maximum Gasteiger partial charge on any atom is 0.413 e. The first-order valence-corrected chi connectivity index (χ1v) is 6.63. The molecule has 2 N–H and O–H groups in total. The second kappa shape index (κ2) is 6.15. The lowest BCUT2D eigenvalue weighted by Crippen LogP contribution is -2.48. The molecule has 0 aromatic heterocycles. The number of rotatable bonds is 4. The normalized spacial score (nSPS) is 23.5. The van der Waals surface area contributed by atoms with Gasteiger partial charge in [-0.2, -0.15) is 0 Å². The lowest BCUT2D eigenvalue weighted by molar-refractivity contribution is -0.149. The van der Waals surface area contributed by atoms with Crippen LogP contribution in [0.3, 0.4) is 0 Å². The van der Waals surface area contributed by atoms with Crippen LogP contribution in [0.1, 0.15) is 27.2 Å². The van der Waals surface area contributed by atoms with Crippen LogP contribution in [-0.2, 0) is 14.3 Å². The van der Waals surface area contributed by atoms with Crippen LogP contribution in [0.25, 0.3) is 0 Å². The van der Waals surface area contributed by atoms with Crippen LogP contribution < -0.4 is 0 Å². The van der Waals surface area contributed by atoms with Crippen LogP contribution in [0.4, 0.5) is 4.79 Å². The quantitative estimate of drug-likeness (QED) is 0.820. The van der Waals surface area contributed by atoms with E-state index in [1.165, 1.54) is 25.1 Å². The van der Waals surface area contributed by atoms with Gasteiger partial charge in [-0.25, -0.2) is 4.79 Å². The molecule has 1 unspecified atom stereocenters. The minimum Gasteiger partial charge on any atom is -0.481 e. The average molecular weight is 299 g/mol. The Bertz CT molecular complexity index is 470. The summed E-state index contributed by atoms with van der Waals surface area (Å²) in [6, 6.07) is -0.649. The van der Waals surface area contributed by atoms with E-state index in [1.807, 2.05) is 0 Å². The van der Waals surface area contributed by atoms with Crippen LogP contribution in [-0.4, -0.2) is 46.3 Å². The molecule has 1 amide bonds. The number of carbonyl (C=O) groups excluding carboxylic acids is 1. The third-order valence-corrected chi connectivity index (χ3v) is 4.16. The number of carboxylic acid groups (broad SMARTS) is 2. The number of methoxy groups -OCH3 is 1. The topological polar surface area (TPSA) is 104 Å². The Kier molecular flexibility index (Phi) is 4.98. The summed E-state index contributed by atoms with van der Waals surface area (Å²) in [7, 11) is 1.21. The number of nitrogens with zero attached hydrogens (tertiary/aromatic N) is 1. The molecule has 0 fully saturated rings. The molecule has 0 radical (unpaired) electrons. The summed E-state index contributed by atoms with van der Waals surface area (Å²) in [6.45, 7) is 4.66. The van der Waals surface area contributed by atoms with Gasteiger partial charge in [0.05, 0.1) is 24.5 Å². The van der Waals surface area contributed by atoms with Crippen molar-refractivity contribution < 1.29 is 29.3 Å². The van der Waals surface area contributed by atoms with Gasteiger partial charge in [-0.3, -0.25) is 14.5 Å². The molecule has 7 nitrogen and oxygen atoms in total.